The quantitative estimate of drug-likeness (QED) is 0.824. The molecule has 0 aromatic heterocycles. The van der Waals surface area contributed by atoms with Crippen molar-refractivity contribution in [1.82, 2.24) is 10.2 Å². The molecule has 0 saturated carbocycles. The van der Waals surface area contributed by atoms with Gasteiger partial charge in [0.25, 0.3) is 0 Å². The highest BCUT2D eigenvalue weighted by Gasteiger charge is 2.29. The number of rotatable bonds is 5. The zero-order valence-corrected chi connectivity index (χ0v) is 15.5. The van der Waals surface area contributed by atoms with Crippen molar-refractivity contribution in [3.8, 4) is 0 Å². The summed E-state index contributed by atoms with van der Waals surface area (Å²) >= 11 is 5.72. The Morgan fingerprint density at radius 1 is 1.27 bits per heavy atom. The summed E-state index contributed by atoms with van der Waals surface area (Å²) in [7, 11) is 0. The first-order valence-corrected chi connectivity index (χ1v) is 9.65. The minimum Gasteiger partial charge on any atom is -0.342 e. The van der Waals surface area contributed by atoms with Crippen LogP contribution in [0, 0.1) is 17.7 Å². The van der Waals surface area contributed by atoms with E-state index in [2.05, 4.69) is 10.6 Å². The molecule has 0 spiro atoms. The Morgan fingerprint density at radius 2 is 2.04 bits per heavy atom. The Balaban J connectivity index is 1.38. The molecule has 7 heteroatoms. The van der Waals surface area contributed by atoms with E-state index in [1.165, 1.54) is 18.2 Å². The molecule has 1 unspecified atom stereocenters. The molecule has 2 aliphatic rings. The van der Waals surface area contributed by atoms with Crippen molar-refractivity contribution in [3.63, 3.8) is 0 Å². The first-order valence-electron chi connectivity index (χ1n) is 9.27. The molecule has 26 heavy (non-hydrogen) atoms. The van der Waals surface area contributed by atoms with Crippen molar-refractivity contribution in [2.45, 2.75) is 32.1 Å². The summed E-state index contributed by atoms with van der Waals surface area (Å²) in [4.78, 5) is 26.5. The fourth-order valence-corrected chi connectivity index (χ4v) is 3.88. The first-order chi connectivity index (χ1) is 12.5. The number of amides is 2. The highest BCUT2D eigenvalue weighted by Crippen LogP contribution is 2.25. The van der Waals surface area contributed by atoms with Crippen LogP contribution < -0.4 is 10.6 Å². The molecule has 5 nitrogen and oxygen atoms in total. The molecule has 2 amide bonds. The number of nitrogens with one attached hydrogen (secondary N) is 2. The standard InChI is InChI=1S/C19H25ClFN3O2/c20-16-11-15(2-3-17(16)21)23-18(25)4-1-13-6-9-24(10-7-13)19(26)14-5-8-22-12-14/h2-3,11,13-14,22H,1,4-10,12H2,(H,23,25). The lowest BCUT2D eigenvalue weighted by Crippen LogP contribution is -2.42. The molecule has 0 radical (unpaired) electrons. The number of carbonyl (C=O) groups excluding carboxylic acids is 2. The van der Waals surface area contributed by atoms with Crippen LogP contribution in [0.4, 0.5) is 10.1 Å². The molecule has 2 N–H and O–H groups in total. The van der Waals surface area contributed by atoms with Crippen molar-refractivity contribution in [2.24, 2.45) is 11.8 Å². The van der Waals surface area contributed by atoms with Crippen LogP contribution in [-0.2, 0) is 9.59 Å². The van der Waals surface area contributed by atoms with Crippen LogP contribution in [-0.4, -0.2) is 42.9 Å². The summed E-state index contributed by atoms with van der Waals surface area (Å²) in [6.07, 6.45) is 4.04. The van der Waals surface area contributed by atoms with E-state index in [4.69, 9.17) is 11.6 Å². The van der Waals surface area contributed by atoms with Crippen molar-refractivity contribution in [3.05, 3.63) is 29.0 Å². The van der Waals surface area contributed by atoms with Crippen molar-refractivity contribution < 1.29 is 14.0 Å². The predicted molar refractivity (Wildman–Crippen MR) is 99.6 cm³/mol. The Morgan fingerprint density at radius 3 is 2.69 bits per heavy atom. The van der Waals surface area contributed by atoms with Crippen LogP contribution in [0.15, 0.2) is 18.2 Å². The summed E-state index contributed by atoms with van der Waals surface area (Å²) in [5.41, 5.74) is 0.506. The van der Waals surface area contributed by atoms with Crippen LogP contribution in [0.25, 0.3) is 0 Å². The molecule has 3 rings (SSSR count). The van der Waals surface area contributed by atoms with Gasteiger partial charge in [-0.25, -0.2) is 4.39 Å². The van der Waals surface area contributed by atoms with E-state index in [0.29, 0.717) is 18.0 Å². The van der Waals surface area contributed by atoms with Gasteiger partial charge in [0.1, 0.15) is 5.82 Å². The molecule has 1 atom stereocenters. The lowest BCUT2D eigenvalue weighted by Gasteiger charge is -2.33. The van der Waals surface area contributed by atoms with E-state index < -0.39 is 5.82 Å². The van der Waals surface area contributed by atoms with Gasteiger partial charge in [0, 0.05) is 31.7 Å². The number of carbonyl (C=O) groups is 2. The number of benzene rings is 1. The van der Waals surface area contributed by atoms with Gasteiger partial charge in [-0.15, -0.1) is 0 Å². The second-order valence-corrected chi connectivity index (χ2v) is 7.58. The van der Waals surface area contributed by atoms with Gasteiger partial charge < -0.3 is 15.5 Å². The second kappa shape index (κ2) is 8.82. The molecule has 1 aromatic carbocycles. The highest BCUT2D eigenvalue weighted by atomic mass is 35.5. The third-order valence-corrected chi connectivity index (χ3v) is 5.61. The van der Waals surface area contributed by atoms with Gasteiger partial charge in [-0.05, 0) is 56.3 Å². The van der Waals surface area contributed by atoms with Crippen molar-refractivity contribution in [2.75, 3.05) is 31.5 Å². The van der Waals surface area contributed by atoms with E-state index in [9.17, 15) is 14.0 Å². The molecular weight excluding hydrogens is 357 g/mol. The van der Waals surface area contributed by atoms with Gasteiger partial charge in [-0.1, -0.05) is 11.6 Å². The number of piperidine rings is 1. The molecule has 142 valence electrons. The van der Waals surface area contributed by atoms with Gasteiger partial charge in [0.15, 0.2) is 0 Å². The van der Waals surface area contributed by atoms with Crippen LogP contribution in [0.5, 0.6) is 0 Å². The summed E-state index contributed by atoms with van der Waals surface area (Å²) < 4.78 is 13.1. The fraction of sp³-hybridized carbons (Fsp3) is 0.579. The van der Waals surface area contributed by atoms with Gasteiger partial charge in [-0.3, -0.25) is 9.59 Å². The molecule has 1 aromatic rings. The van der Waals surface area contributed by atoms with Crippen LogP contribution in [0.2, 0.25) is 5.02 Å². The zero-order valence-electron chi connectivity index (χ0n) is 14.8. The number of nitrogens with zero attached hydrogens (tertiary/aromatic N) is 1. The van der Waals surface area contributed by atoms with E-state index in [-0.39, 0.29) is 22.8 Å². The Kier molecular flexibility index (Phi) is 6.48. The third kappa shape index (κ3) is 4.95. The number of hydrogen-bond acceptors (Lipinski definition) is 3. The average molecular weight is 382 g/mol. The van der Waals surface area contributed by atoms with Gasteiger partial charge in [0.2, 0.25) is 11.8 Å². The van der Waals surface area contributed by atoms with Gasteiger partial charge >= 0.3 is 0 Å². The zero-order chi connectivity index (χ0) is 18.5. The lowest BCUT2D eigenvalue weighted by atomic mass is 9.91. The minimum absolute atomic E-state index is 0.00250. The maximum absolute atomic E-state index is 13.1. The van der Waals surface area contributed by atoms with E-state index in [1.807, 2.05) is 4.90 Å². The number of halogens is 2. The molecule has 2 aliphatic heterocycles. The van der Waals surface area contributed by atoms with Crippen molar-refractivity contribution >= 4 is 29.1 Å². The monoisotopic (exact) mass is 381 g/mol. The number of hydrogen-bond donors (Lipinski definition) is 2. The first kappa shape index (κ1) is 19.1. The number of likely N-dealkylation sites (tertiary alicyclic amines) is 1. The predicted octanol–water partition coefficient (Wildman–Crippen LogP) is 3.05. The smallest absolute Gasteiger partial charge is 0.227 e. The Bertz CT molecular complexity index is 656. The van der Waals surface area contributed by atoms with E-state index >= 15 is 0 Å². The summed E-state index contributed by atoms with van der Waals surface area (Å²) in [6, 6.07) is 4.16. The molecular formula is C19H25ClFN3O2. The normalized spacial score (nSPS) is 21.0. The third-order valence-electron chi connectivity index (χ3n) is 5.32. The summed E-state index contributed by atoms with van der Waals surface area (Å²) in [5, 5.41) is 5.99. The molecule has 2 fully saturated rings. The fourth-order valence-electron chi connectivity index (χ4n) is 3.70. The molecule has 2 heterocycles. The topological polar surface area (TPSA) is 61.4 Å². The maximum atomic E-state index is 13.1. The molecule has 0 bridgehead atoms. The summed E-state index contributed by atoms with van der Waals surface area (Å²) in [5.74, 6) is 0.283. The molecule has 0 aliphatic carbocycles. The highest BCUT2D eigenvalue weighted by molar-refractivity contribution is 6.31. The SMILES string of the molecule is O=C(CCC1CCN(C(=O)C2CCNC2)CC1)Nc1ccc(F)c(Cl)c1. The lowest BCUT2D eigenvalue weighted by molar-refractivity contribution is -0.136. The largest absolute Gasteiger partial charge is 0.342 e. The van der Waals surface area contributed by atoms with Gasteiger partial charge in [-0.2, -0.15) is 0 Å². The van der Waals surface area contributed by atoms with E-state index in [0.717, 1.165) is 51.9 Å². The summed E-state index contributed by atoms with van der Waals surface area (Å²) in [6.45, 7) is 3.30. The van der Waals surface area contributed by atoms with E-state index in [1.54, 1.807) is 0 Å². The minimum atomic E-state index is -0.501. The Labute approximate surface area is 158 Å². The van der Waals surface area contributed by atoms with Gasteiger partial charge in [0.05, 0.1) is 10.9 Å². The number of anilines is 1. The molecule has 2 saturated heterocycles. The Hall–Kier alpha value is -1.66. The second-order valence-electron chi connectivity index (χ2n) is 7.17. The maximum Gasteiger partial charge on any atom is 0.227 e. The van der Waals surface area contributed by atoms with Crippen molar-refractivity contribution in [1.29, 1.82) is 0 Å². The van der Waals surface area contributed by atoms with Crippen LogP contribution in [0.1, 0.15) is 32.1 Å². The van der Waals surface area contributed by atoms with Crippen LogP contribution >= 0.6 is 11.6 Å². The van der Waals surface area contributed by atoms with Crippen LogP contribution in [0.3, 0.4) is 0 Å². The average Bonchev–Trinajstić information content (AvgIpc) is 3.18.